The maximum absolute atomic E-state index is 10.5. The van der Waals surface area contributed by atoms with Gasteiger partial charge in [0.1, 0.15) is 0 Å². The number of fused-ring (bicyclic) bond motifs is 1. The maximum atomic E-state index is 10.5. The minimum Gasteiger partial charge on any atom is -0.389 e. The predicted octanol–water partition coefficient (Wildman–Crippen LogP) is 0.948. The molecule has 2 aliphatic rings. The summed E-state index contributed by atoms with van der Waals surface area (Å²) >= 11 is 0. The molecule has 16 heavy (non-hydrogen) atoms. The topological polar surface area (TPSA) is 61.8 Å². The summed E-state index contributed by atoms with van der Waals surface area (Å²) in [4.78, 5) is 6.38. The lowest BCUT2D eigenvalue weighted by atomic mass is 9.71. The second-order valence-corrected chi connectivity index (χ2v) is 5.07. The summed E-state index contributed by atoms with van der Waals surface area (Å²) in [5, 5.41) is 10.5. The molecule has 0 spiro atoms. The molecule has 4 heteroatoms. The van der Waals surface area contributed by atoms with E-state index in [-0.39, 0.29) is 0 Å². The molecule has 1 saturated heterocycles. The van der Waals surface area contributed by atoms with E-state index < -0.39 is 5.60 Å². The van der Waals surface area contributed by atoms with Gasteiger partial charge in [-0.15, -0.1) is 0 Å². The number of aliphatic imine (C=N–C) groups is 1. The molecule has 1 saturated carbocycles. The van der Waals surface area contributed by atoms with Gasteiger partial charge in [-0.05, 0) is 26.2 Å². The molecule has 2 fully saturated rings. The average molecular weight is 225 g/mol. The van der Waals surface area contributed by atoms with Crippen LogP contribution in [0.15, 0.2) is 4.99 Å². The van der Waals surface area contributed by atoms with E-state index in [1.54, 1.807) is 0 Å². The van der Waals surface area contributed by atoms with Crippen LogP contribution in [0.25, 0.3) is 0 Å². The van der Waals surface area contributed by atoms with Gasteiger partial charge in [-0.2, -0.15) is 0 Å². The van der Waals surface area contributed by atoms with E-state index in [0.29, 0.717) is 11.9 Å². The van der Waals surface area contributed by atoms with Crippen LogP contribution in [0.2, 0.25) is 0 Å². The van der Waals surface area contributed by atoms with Crippen molar-refractivity contribution in [1.29, 1.82) is 0 Å². The van der Waals surface area contributed by atoms with Crippen LogP contribution in [-0.2, 0) is 0 Å². The van der Waals surface area contributed by atoms with Gasteiger partial charge in [-0.3, -0.25) is 4.99 Å². The number of aliphatic hydroxyl groups is 1. The van der Waals surface area contributed by atoms with E-state index in [2.05, 4.69) is 9.89 Å². The number of nitrogens with zero attached hydrogens (tertiary/aromatic N) is 2. The molecular weight excluding hydrogens is 202 g/mol. The van der Waals surface area contributed by atoms with Gasteiger partial charge in [0, 0.05) is 25.6 Å². The van der Waals surface area contributed by atoms with Crippen LogP contribution < -0.4 is 5.73 Å². The maximum Gasteiger partial charge on any atom is 0.191 e. The Hall–Kier alpha value is -0.770. The van der Waals surface area contributed by atoms with Gasteiger partial charge in [-0.1, -0.05) is 12.8 Å². The number of hydrogen-bond acceptors (Lipinski definition) is 2. The van der Waals surface area contributed by atoms with E-state index in [1.807, 2.05) is 6.92 Å². The molecule has 0 aromatic heterocycles. The zero-order valence-electron chi connectivity index (χ0n) is 10.2. The minimum absolute atomic E-state index is 0.389. The van der Waals surface area contributed by atoms with Gasteiger partial charge in [0.2, 0.25) is 0 Å². The third kappa shape index (κ3) is 2.17. The molecule has 0 aromatic rings. The highest BCUT2D eigenvalue weighted by atomic mass is 16.3. The first-order chi connectivity index (χ1) is 7.65. The second kappa shape index (κ2) is 4.62. The molecule has 0 bridgehead atoms. The smallest absolute Gasteiger partial charge is 0.191 e. The fraction of sp³-hybridized carbons (Fsp3) is 0.917. The number of hydrogen-bond donors (Lipinski definition) is 2. The number of rotatable bonds is 1. The Balaban J connectivity index is 2.02. The molecule has 1 aliphatic carbocycles. The normalized spacial score (nSPS) is 36.0. The molecule has 0 aromatic carbocycles. The fourth-order valence-corrected chi connectivity index (χ4v) is 3.04. The summed E-state index contributed by atoms with van der Waals surface area (Å²) < 4.78 is 0. The molecule has 2 atom stereocenters. The summed E-state index contributed by atoms with van der Waals surface area (Å²) in [6.07, 6.45) is 5.36. The molecule has 1 aliphatic heterocycles. The predicted molar refractivity (Wildman–Crippen MR) is 65.3 cm³/mol. The number of piperidine rings is 1. The molecule has 92 valence electrons. The zero-order chi connectivity index (χ0) is 11.6. The second-order valence-electron chi connectivity index (χ2n) is 5.07. The summed E-state index contributed by atoms with van der Waals surface area (Å²) in [6.45, 7) is 4.46. The lowest BCUT2D eigenvalue weighted by molar-refractivity contribution is -0.0841. The number of guanidine groups is 1. The van der Waals surface area contributed by atoms with Crippen molar-refractivity contribution in [1.82, 2.24) is 4.90 Å². The third-order valence-corrected chi connectivity index (χ3v) is 4.07. The summed E-state index contributed by atoms with van der Waals surface area (Å²) in [5.41, 5.74) is 5.50. The summed E-state index contributed by atoms with van der Waals surface area (Å²) in [6, 6.07) is 0. The van der Waals surface area contributed by atoms with Crippen molar-refractivity contribution in [3.63, 3.8) is 0 Å². The van der Waals surface area contributed by atoms with Gasteiger partial charge in [0.05, 0.1) is 5.60 Å². The molecular formula is C12H23N3O. The van der Waals surface area contributed by atoms with E-state index >= 15 is 0 Å². The van der Waals surface area contributed by atoms with Crippen molar-refractivity contribution in [2.24, 2.45) is 16.6 Å². The van der Waals surface area contributed by atoms with Crippen molar-refractivity contribution in [3.05, 3.63) is 0 Å². The standard InChI is InChI=1S/C12H23N3O/c1-2-14-11(13)15-8-7-12(16)6-4-3-5-10(12)9-15/h10,16H,2-9H2,1H3,(H2,13,14). The van der Waals surface area contributed by atoms with Crippen LogP contribution in [0.3, 0.4) is 0 Å². The Labute approximate surface area is 97.5 Å². The molecule has 3 N–H and O–H groups in total. The van der Waals surface area contributed by atoms with Gasteiger partial charge in [-0.25, -0.2) is 0 Å². The minimum atomic E-state index is -0.415. The zero-order valence-corrected chi connectivity index (χ0v) is 10.2. The van der Waals surface area contributed by atoms with Gasteiger partial charge >= 0.3 is 0 Å². The molecule has 0 radical (unpaired) electrons. The molecule has 4 nitrogen and oxygen atoms in total. The molecule has 2 unspecified atom stereocenters. The van der Waals surface area contributed by atoms with Crippen molar-refractivity contribution in [3.8, 4) is 0 Å². The highest BCUT2D eigenvalue weighted by molar-refractivity contribution is 5.78. The Morgan fingerprint density at radius 3 is 3.06 bits per heavy atom. The van der Waals surface area contributed by atoms with Crippen LogP contribution in [0, 0.1) is 5.92 Å². The Kier molecular flexibility index (Phi) is 3.38. The van der Waals surface area contributed by atoms with Crippen molar-refractivity contribution >= 4 is 5.96 Å². The Bertz CT molecular complexity index is 279. The first-order valence-electron chi connectivity index (χ1n) is 6.43. The number of nitrogens with two attached hydrogens (primary N) is 1. The van der Waals surface area contributed by atoms with Crippen LogP contribution in [-0.4, -0.2) is 41.2 Å². The van der Waals surface area contributed by atoms with E-state index in [0.717, 1.165) is 38.9 Å². The largest absolute Gasteiger partial charge is 0.389 e. The van der Waals surface area contributed by atoms with Gasteiger partial charge in [0.25, 0.3) is 0 Å². The van der Waals surface area contributed by atoms with Crippen molar-refractivity contribution < 1.29 is 5.11 Å². The van der Waals surface area contributed by atoms with E-state index in [1.165, 1.54) is 12.8 Å². The SMILES string of the molecule is CCN=C(N)N1CCC2(O)CCCCC2C1. The van der Waals surface area contributed by atoms with Crippen LogP contribution in [0.5, 0.6) is 0 Å². The van der Waals surface area contributed by atoms with E-state index in [9.17, 15) is 5.11 Å². The Morgan fingerprint density at radius 2 is 2.31 bits per heavy atom. The quantitative estimate of drug-likeness (QED) is 0.516. The van der Waals surface area contributed by atoms with E-state index in [4.69, 9.17) is 5.73 Å². The average Bonchev–Trinajstić information content (AvgIpc) is 2.28. The monoisotopic (exact) mass is 225 g/mol. The number of likely N-dealkylation sites (tertiary alicyclic amines) is 1. The molecule has 2 rings (SSSR count). The molecule has 0 amide bonds. The fourth-order valence-electron chi connectivity index (χ4n) is 3.04. The highest BCUT2D eigenvalue weighted by Gasteiger charge is 2.43. The molecule has 1 heterocycles. The lowest BCUT2D eigenvalue weighted by Crippen LogP contribution is -2.56. The van der Waals surface area contributed by atoms with Gasteiger partial charge in [0.15, 0.2) is 5.96 Å². The summed E-state index contributed by atoms with van der Waals surface area (Å²) in [5.74, 6) is 1.04. The Morgan fingerprint density at radius 1 is 1.50 bits per heavy atom. The summed E-state index contributed by atoms with van der Waals surface area (Å²) in [7, 11) is 0. The van der Waals surface area contributed by atoms with Crippen molar-refractivity contribution in [2.75, 3.05) is 19.6 Å². The first-order valence-corrected chi connectivity index (χ1v) is 6.43. The highest BCUT2D eigenvalue weighted by Crippen LogP contribution is 2.39. The lowest BCUT2D eigenvalue weighted by Gasteiger charge is -2.47. The first kappa shape index (κ1) is 11.7. The van der Waals surface area contributed by atoms with Crippen LogP contribution in [0.4, 0.5) is 0 Å². The van der Waals surface area contributed by atoms with Gasteiger partial charge < -0.3 is 15.7 Å². The van der Waals surface area contributed by atoms with Crippen molar-refractivity contribution in [2.45, 2.75) is 44.6 Å². The van der Waals surface area contributed by atoms with Crippen LogP contribution in [0.1, 0.15) is 39.0 Å². The third-order valence-electron chi connectivity index (χ3n) is 4.07. The van der Waals surface area contributed by atoms with Crippen LogP contribution >= 0.6 is 0 Å².